The number of rotatable bonds is 4. The van der Waals surface area contributed by atoms with E-state index in [9.17, 15) is 4.79 Å². The van der Waals surface area contributed by atoms with Gasteiger partial charge in [-0.15, -0.1) is 0 Å². The van der Waals surface area contributed by atoms with Gasteiger partial charge in [0.05, 0.1) is 6.10 Å². The first-order valence-electron chi connectivity index (χ1n) is 3.54. The fourth-order valence-corrected chi connectivity index (χ4v) is 0.748. The molecule has 0 aliphatic carbocycles. The van der Waals surface area contributed by atoms with Crippen LogP contribution in [0.1, 0.15) is 26.7 Å². The van der Waals surface area contributed by atoms with Crippen LogP contribution in [-0.4, -0.2) is 18.6 Å². The Hall–Kier alpha value is -0.570. The van der Waals surface area contributed by atoms with Crippen molar-refractivity contribution in [2.45, 2.75) is 32.8 Å². The molecule has 0 rings (SSSR count). The van der Waals surface area contributed by atoms with Crippen LogP contribution in [0.5, 0.6) is 0 Å². The van der Waals surface area contributed by atoms with Gasteiger partial charge in [0, 0.05) is 6.92 Å². The largest absolute Gasteiger partial charge is 0.463 e. The predicted octanol–water partition coefficient (Wildman–Crippen LogP) is 0.677. The van der Waals surface area contributed by atoms with Crippen molar-refractivity contribution in [2.75, 3.05) is 6.54 Å². The van der Waals surface area contributed by atoms with Gasteiger partial charge >= 0.3 is 5.97 Å². The predicted molar refractivity (Wildman–Crippen MR) is 39.5 cm³/mol. The van der Waals surface area contributed by atoms with Crippen molar-refractivity contribution in [3.05, 3.63) is 0 Å². The summed E-state index contributed by atoms with van der Waals surface area (Å²) in [4.78, 5) is 10.4. The molecule has 0 saturated carbocycles. The van der Waals surface area contributed by atoms with Crippen LogP contribution in [0.25, 0.3) is 0 Å². The molecule has 0 unspecified atom stereocenters. The van der Waals surface area contributed by atoms with E-state index in [0.29, 0.717) is 6.54 Å². The van der Waals surface area contributed by atoms with Crippen LogP contribution >= 0.6 is 0 Å². The summed E-state index contributed by atoms with van der Waals surface area (Å²) in [5, 5.41) is 0. The first-order valence-corrected chi connectivity index (χ1v) is 3.54. The summed E-state index contributed by atoms with van der Waals surface area (Å²) in [6, 6.07) is 0. The van der Waals surface area contributed by atoms with E-state index in [1.807, 2.05) is 6.92 Å². The maximum Gasteiger partial charge on any atom is 0.302 e. The molecule has 0 aliphatic rings. The van der Waals surface area contributed by atoms with Gasteiger partial charge in [-0.1, -0.05) is 0 Å². The average Bonchev–Trinajstić information content (AvgIpc) is 1.82. The average molecular weight is 145 g/mol. The lowest BCUT2D eigenvalue weighted by Gasteiger charge is -2.09. The maximum absolute atomic E-state index is 10.4. The first-order chi connectivity index (χ1) is 4.66. The number of nitrogens with two attached hydrogens (primary N) is 1. The molecule has 0 saturated heterocycles. The highest BCUT2D eigenvalue weighted by Gasteiger charge is 2.02. The van der Waals surface area contributed by atoms with Crippen LogP contribution in [0, 0.1) is 0 Å². The molecular weight excluding hydrogens is 130 g/mol. The number of carbonyl (C=O) groups is 1. The number of carbonyl (C=O) groups excluding carboxylic acids is 1. The van der Waals surface area contributed by atoms with E-state index in [1.54, 1.807) is 0 Å². The van der Waals surface area contributed by atoms with E-state index in [0.717, 1.165) is 12.8 Å². The van der Waals surface area contributed by atoms with E-state index in [-0.39, 0.29) is 12.1 Å². The summed E-state index contributed by atoms with van der Waals surface area (Å²) in [6.45, 7) is 3.95. The molecule has 0 fully saturated rings. The molecule has 0 aromatic rings. The third-order valence-corrected chi connectivity index (χ3v) is 1.18. The molecule has 0 aromatic heterocycles. The molecule has 0 heterocycles. The Bertz CT molecular complexity index is 104. The van der Waals surface area contributed by atoms with E-state index in [4.69, 9.17) is 10.5 Å². The van der Waals surface area contributed by atoms with Gasteiger partial charge in [0.2, 0.25) is 0 Å². The lowest BCUT2D eigenvalue weighted by molar-refractivity contribution is -0.145. The lowest BCUT2D eigenvalue weighted by atomic mass is 10.2. The van der Waals surface area contributed by atoms with Crippen LogP contribution in [0.3, 0.4) is 0 Å². The molecule has 3 nitrogen and oxygen atoms in total. The molecule has 3 heteroatoms. The Labute approximate surface area is 61.5 Å². The van der Waals surface area contributed by atoms with Gasteiger partial charge < -0.3 is 10.5 Å². The smallest absolute Gasteiger partial charge is 0.302 e. The van der Waals surface area contributed by atoms with Gasteiger partial charge in [-0.2, -0.15) is 0 Å². The molecule has 0 amide bonds. The van der Waals surface area contributed by atoms with Gasteiger partial charge in [-0.3, -0.25) is 4.79 Å². The van der Waals surface area contributed by atoms with Crippen LogP contribution in [0.2, 0.25) is 0 Å². The molecule has 10 heavy (non-hydrogen) atoms. The number of esters is 1. The van der Waals surface area contributed by atoms with Crippen molar-refractivity contribution in [1.82, 2.24) is 0 Å². The maximum atomic E-state index is 10.4. The molecule has 2 N–H and O–H groups in total. The Kier molecular flexibility index (Phi) is 4.94. The fourth-order valence-electron chi connectivity index (χ4n) is 0.748. The molecule has 0 spiro atoms. The molecular formula is C7H15NO2. The highest BCUT2D eigenvalue weighted by molar-refractivity contribution is 5.66. The summed E-state index contributed by atoms with van der Waals surface area (Å²) in [5.74, 6) is -0.218. The van der Waals surface area contributed by atoms with E-state index in [1.165, 1.54) is 6.92 Å². The molecule has 1 atom stereocenters. The minimum Gasteiger partial charge on any atom is -0.463 e. The van der Waals surface area contributed by atoms with Crippen molar-refractivity contribution < 1.29 is 9.53 Å². The quantitative estimate of drug-likeness (QED) is 0.592. The molecule has 0 aliphatic heterocycles. The Morgan fingerprint density at radius 1 is 1.70 bits per heavy atom. The lowest BCUT2D eigenvalue weighted by Crippen LogP contribution is -2.13. The number of hydrogen-bond donors (Lipinski definition) is 1. The Morgan fingerprint density at radius 2 is 2.30 bits per heavy atom. The minimum absolute atomic E-state index is 0.0149. The van der Waals surface area contributed by atoms with E-state index < -0.39 is 0 Å². The van der Waals surface area contributed by atoms with Crippen molar-refractivity contribution in [1.29, 1.82) is 0 Å². The number of ether oxygens (including phenoxy) is 1. The zero-order chi connectivity index (χ0) is 7.98. The summed E-state index contributed by atoms with van der Waals surface area (Å²) in [6.07, 6.45) is 1.78. The van der Waals surface area contributed by atoms with Crippen LogP contribution < -0.4 is 5.73 Å². The van der Waals surface area contributed by atoms with E-state index >= 15 is 0 Å². The summed E-state index contributed by atoms with van der Waals surface area (Å²) in [5.41, 5.74) is 5.27. The highest BCUT2D eigenvalue weighted by Crippen LogP contribution is 1.99. The fraction of sp³-hybridized carbons (Fsp3) is 0.857. The van der Waals surface area contributed by atoms with Crippen molar-refractivity contribution >= 4 is 5.97 Å². The van der Waals surface area contributed by atoms with Crippen LogP contribution in [0.15, 0.2) is 0 Å². The van der Waals surface area contributed by atoms with Gasteiger partial charge in [-0.05, 0) is 26.3 Å². The second kappa shape index (κ2) is 5.23. The topological polar surface area (TPSA) is 52.3 Å². The molecule has 0 aromatic carbocycles. The zero-order valence-corrected chi connectivity index (χ0v) is 6.59. The van der Waals surface area contributed by atoms with Gasteiger partial charge in [0.15, 0.2) is 0 Å². The van der Waals surface area contributed by atoms with Gasteiger partial charge in [0.25, 0.3) is 0 Å². The summed E-state index contributed by atoms with van der Waals surface area (Å²) in [7, 11) is 0. The Morgan fingerprint density at radius 3 is 2.70 bits per heavy atom. The highest BCUT2D eigenvalue weighted by atomic mass is 16.5. The standard InChI is InChI=1S/C7H15NO2/c1-6(4-3-5-8)10-7(2)9/h6H,3-5,8H2,1-2H3/t6-/m0/s1. The summed E-state index contributed by atoms with van der Waals surface area (Å²) >= 11 is 0. The van der Waals surface area contributed by atoms with Crippen molar-refractivity contribution in [2.24, 2.45) is 5.73 Å². The van der Waals surface area contributed by atoms with Crippen molar-refractivity contribution in [3.63, 3.8) is 0 Å². The monoisotopic (exact) mass is 145 g/mol. The van der Waals surface area contributed by atoms with Crippen LogP contribution in [0.4, 0.5) is 0 Å². The Balaban J connectivity index is 3.25. The summed E-state index contributed by atoms with van der Waals surface area (Å²) < 4.78 is 4.86. The third kappa shape index (κ3) is 5.56. The number of hydrogen-bond acceptors (Lipinski definition) is 3. The van der Waals surface area contributed by atoms with E-state index in [2.05, 4.69) is 0 Å². The van der Waals surface area contributed by atoms with Crippen LogP contribution in [-0.2, 0) is 9.53 Å². The van der Waals surface area contributed by atoms with Gasteiger partial charge in [-0.25, -0.2) is 0 Å². The molecule has 0 bridgehead atoms. The normalized spacial score (nSPS) is 12.7. The zero-order valence-electron chi connectivity index (χ0n) is 6.59. The molecule has 60 valence electrons. The second-order valence-electron chi connectivity index (χ2n) is 2.35. The third-order valence-electron chi connectivity index (χ3n) is 1.18. The van der Waals surface area contributed by atoms with Gasteiger partial charge in [0.1, 0.15) is 0 Å². The second-order valence-corrected chi connectivity index (χ2v) is 2.35. The van der Waals surface area contributed by atoms with Crippen molar-refractivity contribution in [3.8, 4) is 0 Å². The first kappa shape index (κ1) is 9.43. The minimum atomic E-state index is -0.218. The SMILES string of the molecule is CC(=O)O[C@@H](C)CCCN. The molecule has 0 radical (unpaired) electrons.